The molecule has 3 N–H and O–H groups in total. The summed E-state index contributed by atoms with van der Waals surface area (Å²) in [4.78, 5) is 17.2. The zero-order valence-electron chi connectivity index (χ0n) is 5.41. The SMILES string of the molecule is Nc1nc(Cl)ncc1NC=O. The molecule has 5 nitrogen and oxygen atoms in total. The molecule has 0 saturated heterocycles. The molecule has 0 fully saturated rings. The van der Waals surface area contributed by atoms with Crippen molar-refractivity contribution in [2.45, 2.75) is 0 Å². The van der Waals surface area contributed by atoms with Crippen LogP contribution >= 0.6 is 11.6 Å². The lowest BCUT2D eigenvalue weighted by Crippen LogP contribution is -2.02. The van der Waals surface area contributed by atoms with Gasteiger partial charge in [-0.15, -0.1) is 0 Å². The number of amides is 1. The number of nitrogens with two attached hydrogens (primary N) is 1. The molecule has 0 saturated carbocycles. The van der Waals surface area contributed by atoms with Crippen LogP contribution in [0.5, 0.6) is 0 Å². The van der Waals surface area contributed by atoms with Gasteiger partial charge in [-0.3, -0.25) is 4.79 Å². The second kappa shape index (κ2) is 3.16. The van der Waals surface area contributed by atoms with Crippen LogP contribution < -0.4 is 11.1 Å². The molecule has 6 heteroatoms. The highest BCUT2D eigenvalue weighted by atomic mass is 35.5. The number of carbonyl (C=O) groups is 1. The molecular formula is C5H5ClN4O. The Morgan fingerprint density at radius 1 is 1.73 bits per heavy atom. The van der Waals surface area contributed by atoms with E-state index >= 15 is 0 Å². The Balaban J connectivity index is 2.98. The number of anilines is 2. The average Bonchev–Trinajstić information content (AvgIpc) is 1.95. The first kappa shape index (κ1) is 7.74. The van der Waals surface area contributed by atoms with Crippen LogP contribution in [0.4, 0.5) is 11.5 Å². The molecule has 1 rings (SSSR count). The van der Waals surface area contributed by atoms with Crippen LogP contribution in [0, 0.1) is 0 Å². The number of nitrogens with one attached hydrogen (secondary N) is 1. The number of nitrogen functional groups attached to an aromatic ring is 1. The summed E-state index contributed by atoms with van der Waals surface area (Å²) in [7, 11) is 0. The van der Waals surface area contributed by atoms with Gasteiger partial charge >= 0.3 is 0 Å². The fourth-order valence-electron chi connectivity index (χ4n) is 0.547. The van der Waals surface area contributed by atoms with Gasteiger partial charge in [0.15, 0.2) is 5.82 Å². The molecule has 11 heavy (non-hydrogen) atoms. The number of nitrogens with zero attached hydrogens (tertiary/aromatic N) is 2. The summed E-state index contributed by atoms with van der Waals surface area (Å²) < 4.78 is 0. The Morgan fingerprint density at radius 3 is 3.00 bits per heavy atom. The molecule has 0 spiro atoms. The summed E-state index contributed by atoms with van der Waals surface area (Å²) in [6.45, 7) is 0. The van der Waals surface area contributed by atoms with E-state index in [9.17, 15) is 4.79 Å². The van der Waals surface area contributed by atoms with E-state index in [4.69, 9.17) is 17.3 Å². The average molecular weight is 173 g/mol. The molecule has 1 aromatic heterocycles. The van der Waals surface area contributed by atoms with Crippen molar-refractivity contribution in [2.24, 2.45) is 0 Å². The maximum atomic E-state index is 9.96. The third kappa shape index (κ3) is 1.78. The summed E-state index contributed by atoms with van der Waals surface area (Å²) in [5, 5.41) is 2.37. The van der Waals surface area contributed by atoms with E-state index in [2.05, 4.69) is 15.3 Å². The summed E-state index contributed by atoms with van der Waals surface area (Å²) in [5.74, 6) is 0.150. The maximum Gasteiger partial charge on any atom is 0.224 e. The minimum Gasteiger partial charge on any atom is -0.382 e. The highest BCUT2D eigenvalue weighted by molar-refractivity contribution is 6.28. The van der Waals surface area contributed by atoms with Gasteiger partial charge in [-0.1, -0.05) is 0 Å². The standard InChI is InChI=1S/C5H5ClN4O/c6-5-8-1-3(9-2-11)4(7)10-5/h1-2H,(H,9,11)(H2,7,8,10). The van der Waals surface area contributed by atoms with Crippen molar-refractivity contribution in [1.29, 1.82) is 0 Å². The van der Waals surface area contributed by atoms with Gasteiger partial charge in [0, 0.05) is 0 Å². The van der Waals surface area contributed by atoms with Crippen LogP contribution in [0.1, 0.15) is 0 Å². The highest BCUT2D eigenvalue weighted by Crippen LogP contribution is 2.14. The van der Waals surface area contributed by atoms with Gasteiger partial charge in [-0.05, 0) is 11.6 Å². The first-order chi connectivity index (χ1) is 5.24. The lowest BCUT2D eigenvalue weighted by Gasteiger charge is -2.00. The van der Waals surface area contributed by atoms with Gasteiger partial charge in [0.2, 0.25) is 11.7 Å². The number of hydrogen-bond donors (Lipinski definition) is 2. The molecule has 1 heterocycles. The summed E-state index contributed by atoms with van der Waals surface area (Å²) >= 11 is 5.40. The van der Waals surface area contributed by atoms with Crippen molar-refractivity contribution in [3.05, 3.63) is 11.5 Å². The Morgan fingerprint density at radius 2 is 2.45 bits per heavy atom. The van der Waals surface area contributed by atoms with Crippen molar-refractivity contribution in [2.75, 3.05) is 11.1 Å². The molecule has 0 bridgehead atoms. The van der Waals surface area contributed by atoms with E-state index in [1.54, 1.807) is 0 Å². The predicted octanol–water partition coefficient (Wildman–Crippen LogP) is 0.280. The third-order valence-electron chi connectivity index (χ3n) is 1.00. The lowest BCUT2D eigenvalue weighted by molar-refractivity contribution is -0.105. The molecule has 1 amide bonds. The van der Waals surface area contributed by atoms with E-state index < -0.39 is 0 Å². The molecule has 0 radical (unpaired) electrons. The summed E-state index contributed by atoms with van der Waals surface area (Å²) in [6, 6.07) is 0. The van der Waals surface area contributed by atoms with Gasteiger partial charge in [0.1, 0.15) is 5.69 Å². The first-order valence-electron chi connectivity index (χ1n) is 2.72. The van der Waals surface area contributed by atoms with Crippen LogP contribution in [0.15, 0.2) is 6.20 Å². The summed E-state index contributed by atoms with van der Waals surface area (Å²) in [5.41, 5.74) is 5.70. The molecule has 0 unspecified atom stereocenters. The van der Waals surface area contributed by atoms with Crippen molar-refractivity contribution < 1.29 is 4.79 Å². The number of carbonyl (C=O) groups excluding carboxylic acids is 1. The van der Waals surface area contributed by atoms with Crippen LogP contribution in [0.3, 0.4) is 0 Å². The largest absolute Gasteiger partial charge is 0.382 e. The third-order valence-corrected chi connectivity index (χ3v) is 1.19. The van der Waals surface area contributed by atoms with E-state index in [0.717, 1.165) is 0 Å². The Kier molecular flexibility index (Phi) is 2.22. The van der Waals surface area contributed by atoms with Gasteiger partial charge in [-0.25, -0.2) is 4.98 Å². The monoisotopic (exact) mass is 172 g/mol. The Hall–Kier alpha value is -1.36. The Labute approximate surface area is 67.6 Å². The number of halogens is 1. The quantitative estimate of drug-likeness (QED) is 0.496. The number of aromatic nitrogens is 2. The molecule has 0 aliphatic heterocycles. The normalized spacial score (nSPS) is 9.18. The van der Waals surface area contributed by atoms with Crippen LogP contribution in [0.25, 0.3) is 0 Å². The molecule has 0 atom stereocenters. The first-order valence-corrected chi connectivity index (χ1v) is 3.10. The molecule has 58 valence electrons. The highest BCUT2D eigenvalue weighted by Gasteiger charge is 1.99. The molecule has 1 aromatic rings. The van der Waals surface area contributed by atoms with Crippen molar-refractivity contribution in [1.82, 2.24) is 9.97 Å². The van der Waals surface area contributed by atoms with Crippen molar-refractivity contribution >= 4 is 29.5 Å². The number of hydrogen-bond acceptors (Lipinski definition) is 4. The topological polar surface area (TPSA) is 80.9 Å². The fourth-order valence-corrected chi connectivity index (χ4v) is 0.687. The molecule has 0 aliphatic rings. The van der Waals surface area contributed by atoms with Crippen LogP contribution in [-0.4, -0.2) is 16.4 Å². The lowest BCUT2D eigenvalue weighted by atomic mass is 10.5. The van der Waals surface area contributed by atoms with Crippen molar-refractivity contribution in [3.63, 3.8) is 0 Å². The fraction of sp³-hybridized carbons (Fsp3) is 0. The van der Waals surface area contributed by atoms with E-state index in [1.165, 1.54) is 6.20 Å². The molecule has 0 aromatic carbocycles. The zero-order valence-corrected chi connectivity index (χ0v) is 6.17. The maximum absolute atomic E-state index is 9.96. The van der Waals surface area contributed by atoms with Gasteiger partial charge in [0.05, 0.1) is 6.20 Å². The minimum atomic E-state index is 0.0546. The van der Waals surface area contributed by atoms with Gasteiger partial charge < -0.3 is 11.1 Å². The molecular weight excluding hydrogens is 168 g/mol. The second-order valence-electron chi connectivity index (χ2n) is 1.70. The van der Waals surface area contributed by atoms with Crippen LogP contribution in [0.2, 0.25) is 5.28 Å². The van der Waals surface area contributed by atoms with Gasteiger partial charge in [0.25, 0.3) is 0 Å². The van der Waals surface area contributed by atoms with Gasteiger partial charge in [-0.2, -0.15) is 4.98 Å². The summed E-state index contributed by atoms with van der Waals surface area (Å²) in [6.07, 6.45) is 1.82. The smallest absolute Gasteiger partial charge is 0.224 e. The Bertz CT molecular complexity index is 277. The van der Waals surface area contributed by atoms with E-state index in [0.29, 0.717) is 12.1 Å². The molecule has 0 aliphatic carbocycles. The van der Waals surface area contributed by atoms with Crippen molar-refractivity contribution in [3.8, 4) is 0 Å². The van der Waals surface area contributed by atoms with E-state index in [1.807, 2.05) is 0 Å². The van der Waals surface area contributed by atoms with E-state index in [-0.39, 0.29) is 11.1 Å². The van der Waals surface area contributed by atoms with Crippen LogP contribution in [-0.2, 0) is 4.79 Å². The second-order valence-corrected chi connectivity index (χ2v) is 2.04. The minimum absolute atomic E-state index is 0.0546. The predicted molar refractivity (Wildman–Crippen MR) is 41.1 cm³/mol. The zero-order chi connectivity index (χ0) is 8.27. The number of rotatable bonds is 2.